The third-order valence-corrected chi connectivity index (χ3v) is 3.15. The summed E-state index contributed by atoms with van der Waals surface area (Å²) in [4.78, 5) is 8.30. The predicted octanol–water partition coefficient (Wildman–Crippen LogP) is 2.87. The second-order valence-electron chi connectivity index (χ2n) is 4.28. The SMILES string of the molecule is COc1ncc(-c2ccc([C@H](C)OC)cc2)c(OC)n1. The van der Waals surface area contributed by atoms with Crippen LogP contribution in [-0.2, 0) is 4.74 Å². The first kappa shape index (κ1) is 14.3. The number of ether oxygens (including phenoxy) is 3. The summed E-state index contributed by atoms with van der Waals surface area (Å²) in [6.07, 6.45) is 1.76. The second-order valence-corrected chi connectivity index (χ2v) is 4.28. The molecule has 1 aromatic carbocycles. The van der Waals surface area contributed by atoms with Gasteiger partial charge in [-0.05, 0) is 18.1 Å². The maximum absolute atomic E-state index is 5.29. The van der Waals surface area contributed by atoms with Gasteiger partial charge in [-0.25, -0.2) is 4.98 Å². The fourth-order valence-electron chi connectivity index (χ4n) is 1.87. The van der Waals surface area contributed by atoms with E-state index in [1.165, 1.54) is 7.11 Å². The van der Waals surface area contributed by atoms with Gasteiger partial charge in [0.2, 0.25) is 5.88 Å². The van der Waals surface area contributed by atoms with Crippen molar-refractivity contribution in [1.82, 2.24) is 9.97 Å². The molecule has 5 nitrogen and oxygen atoms in total. The average molecular weight is 274 g/mol. The van der Waals surface area contributed by atoms with Crippen molar-refractivity contribution in [2.45, 2.75) is 13.0 Å². The molecule has 0 aliphatic rings. The van der Waals surface area contributed by atoms with Crippen molar-refractivity contribution in [3.05, 3.63) is 36.0 Å². The van der Waals surface area contributed by atoms with Gasteiger partial charge >= 0.3 is 6.01 Å². The van der Waals surface area contributed by atoms with Crippen LogP contribution in [0, 0.1) is 0 Å². The largest absolute Gasteiger partial charge is 0.480 e. The maximum Gasteiger partial charge on any atom is 0.319 e. The summed E-state index contributed by atoms with van der Waals surface area (Å²) in [6.45, 7) is 2.01. The van der Waals surface area contributed by atoms with Gasteiger partial charge in [0.05, 0.1) is 25.9 Å². The van der Waals surface area contributed by atoms with E-state index in [4.69, 9.17) is 14.2 Å². The highest BCUT2D eigenvalue weighted by molar-refractivity contribution is 5.68. The lowest BCUT2D eigenvalue weighted by Crippen LogP contribution is -1.98. The molecular formula is C15H18N2O3. The third kappa shape index (κ3) is 2.88. The average Bonchev–Trinajstić information content (AvgIpc) is 2.53. The van der Waals surface area contributed by atoms with Gasteiger partial charge in [0, 0.05) is 13.3 Å². The smallest absolute Gasteiger partial charge is 0.319 e. The molecule has 0 spiro atoms. The van der Waals surface area contributed by atoms with Crippen LogP contribution in [0.1, 0.15) is 18.6 Å². The summed E-state index contributed by atoms with van der Waals surface area (Å²) in [5.41, 5.74) is 2.92. The third-order valence-electron chi connectivity index (χ3n) is 3.15. The first-order valence-electron chi connectivity index (χ1n) is 6.27. The van der Waals surface area contributed by atoms with E-state index >= 15 is 0 Å². The highest BCUT2D eigenvalue weighted by Crippen LogP contribution is 2.29. The molecule has 2 aromatic rings. The Labute approximate surface area is 118 Å². The van der Waals surface area contributed by atoms with Gasteiger partial charge in [-0.15, -0.1) is 0 Å². The molecule has 1 atom stereocenters. The van der Waals surface area contributed by atoms with Gasteiger partial charge in [0.1, 0.15) is 0 Å². The van der Waals surface area contributed by atoms with Crippen molar-refractivity contribution in [3.63, 3.8) is 0 Å². The molecule has 0 bridgehead atoms. The molecule has 1 aromatic heterocycles. The zero-order chi connectivity index (χ0) is 14.5. The molecule has 2 rings (SSSR count). The number of methoxy groups -OCH3 is 3. The summed E-state index contributed by atoms with van der Waals surface area (Å²) in [5, 5.41) is 0. The topological polar surface area (TPSA) is 53.5 Å². The highest BCUT2D eigenvalue weighted by atomic mass is 16.5. The van der Waals surface area contributed by atoms with Gasteiger partial charge in [-0.2, -0.15) is 4.98 Å². The summed E-state index contributed by atoms with van der Waals surface area (Å²) in [7, 11) is 4.79. The Morgan fingerprint density at radius 3 is 2.25 bits per heavy atom. The van der Waals surface area contributed by atoms with Crippen molar-refractivity contribution in [2.24, 2.45) is 0 Å². The molecule has 0 aliphatic heterocycles. The number of rotatable bonds is 5. The number of nitrogens with zero attached hydrogens (tertiary/aromatic N) is 2. The molecule has 0 saturated heterocycles. The lowest BCUT2D eigenvalue weighted by molar-refractivity contribution is 0.119. The van der Waals surface area contributed by atoms with Crippen LogP contribution in [0.4, 0.5) is 0 Å². The lowest BCUT2D eigenvalue weighted by Gasteiger charge is -2.12. The number of aromatic nitrogens is 2. The summed E-state index contributed by atoms with van der Waals surface area (Å²) >= 11 is 0. The number of hydrogen-bond donors (Lipinski definition) is 0. The second kappa shape index (κ2) is 6.34. The standard InChI is InChI=1S/C15H18N2O3/c1-10(18-2)11-5-7-12(8-6-11)13-9-16-15(20-4)17-14(13)19-3/h5-10H,1-4H3/t10-/m0/s1. The Bertz CT molecular complexity index is 570. The van der Waals surface area contributed by atoms with E-state index < -0.39 is 0 Å². The lowest BCUT2D eigenvalue weighted by atomic mass is 10.0. The molecule has 0 N–H and O–H groups in total. The van der Waals surface area contributed by atoms with E-state index in [9.17, 15) is 0 Å². The van der Waals surface area contributed by atoms with Crippen molar-refractivity contribution in [2.75, 3.05) is 21.3 Å². The van der Waals surface area contributed by atoms with Crippen molar-refractivity contribution < 1.29 is 14.2 Å². The van der Waals surface area contributed by atoms with Gasteiger partial charge < -0.3 is 14.2 Å². The van der Waals surface area contributed by atoms with Crippen molar-refractivity contribution >= 4 is 0 Å². The quantitative estimate of drug-likeness (QED) is 0.839. The molecule has 1 heterocycles. The summed E-state index contributed by atoms with van der Waals surface area (Å²) in [5.74, 6) is 0.490. The predicted molar refractivity (Wildman–Crippen MR) is 76.0 cm³/mol. The Kier molecular flexibility index (Phi) is 4.53. The first-order valence-corrected chi connectivity index (χ1v) is 6.27. The minimum absolute atomic E-state index is 0.0677. The summed E-state index contributed by atoms with van der Waals surface area (Å²) in [6, 6.07) is 8.33. The van der Waals surface area contributed by atoms with Gasteiger partial charge in [0.15, 0.2) is 0 Å². The van der Waals surface area contributed by atoms with Crippen LogP contribution in [0.5, 0.6) is 11.9 Å². The maximum atomic E-state index is 5.29. The van der Waals surface area contributed by atoms with Crippen LogP contribution in [0.3, 0.4) is 0 Å². The number of hydrogen-bond acceptors (Lipinski definition) is 5. The molecular weight excluding hydrogens is 256 g/mol. The van der Waals surface area contributed by atoms with Crippen LogP contribution in [0.15, 0.2) is 30.5 Å². The zero-order valence-corrected chi connectivity index (χ0v) is 12.1. The Morgan fingerprint density at radius 1 is 1.00 bits per heavy atom. The van der Waals surface area contributed by atoms with Crippen LogP contribution in [0.2, 0.25) is 0 Å². The molecule has 0 radical (unpaired) electrons. The van der Waals surface area contributed by atoms with E-state index in [-0.39, 0.29) is 12.1 Å². The van der Waals surface area contributed by atoms with Gasteiger partial charge in [-0.3, -0.25) is 0 Å². The molecule has 0 aliphatic carbocycles. The molecule has 0 saturated carbocycles. The van der Waals surface area contributed by atoms with E-state index in [1.807, 2.05) is 31.2 Å². The molecule has 0 amide bonds. The van der Waals surface area contributed by atoms with Crippen LogP contribution >= 0.6 is 0 Å². The van der Waals surface area contributed by atoms with Crippen molar-refractivity contribution in [3.8, 4) is 23.0 Å². The highest BCUT2D eigenvalue weighted by Gasteiger charge is 2.11. The van der Waals surface area contributed by atoms with E-state index in [1.54, 1.807) is 20.4 Å². The normalized spacial score (nSPS) is 12.0. The van der Waals surface area contributed by atoms with E-state index in [2.05, 4.69) is 9.97 Å². The number of benzene rings is 1. The van der Waals surface area contributed by atoms with Gasteiger partial charge in [0.25, 0.3) is 0 Å². The first-order chi connectivity index (χ1) is 9.69. The zero-order valence-electron chi connectivity index (χ0n) is 12.1. The van der Waals surface area contributed by atoms with Crippen LogP contribution in [-0.4, -0.2) is 31.3 Å². The fourth-order valence-corrected chi connectivity index (χ4v) is 1.87. The molecule has 0 unspecified atom stereocenters. The van der Waals surface area contributed by atoms with Crippen LogP contribution < -0.4 is 9.47 Å². The van der Waals surface area contributed by atoms with E-state index in [0.717, 1.165) is 16.7 Å². The molecule has 20 heavy (non-hydrogen) atoms. The minimum atomic E-state index is 0.0677. The molecule has 0 fully saturated rings. The Morgan fingerprint density at radius 2 is 1.70 bits per heavy atom. The molecule has 106 valence electrons. The monoisotopic (exact) mass is 274 g/mol. The fraction of sp³-hybridized carbons (Fsp3) is 0.333. The summed E-state index contributed by atoms with van der Waals surface area (Å²) < 4.78 is 15.6. The molecule has 5 heteroatoms. The Hall–Kier alpha value is -2.14. The van der Waals surface area contributed by atoms with E-state index in [0.29, 0.717) is 5.88 Å². The minimum Gasteiger partial charge on any atom is -0.480 e. The van der Waals surface area contributed by atoms with Crippen molar-refractivity contribution in [1.29, 1.82) is 0 Å². The van der Waals surface area contributed by atoms with Gasteiger partial charge in [-0.1, -0.05) is 24.3 Å². The Balaban J connectivity index is 2.36. The van der Waals surface area contributed by atoms with Crippen LogP contribution in [0.25, 0.3) is 11.1 Å².